The van der Waals surface area contributed by atoms with Gasteiger partial charge in [0.1, 0.15) is 11.9 Å². The Morgan fingerprint density at radius 1 is 1.29 bits per heavy atom. The van der Waals surface area contributed by atoms with Crippen LogP contribution in [0, 0.1) is 23.1 Å². The maximum atomic E-state index is 13.3. The van der Waals surface area contributed by atoms with E-state index < -0.39 is 0 Å². The van der Waals surface area contributed by atoms with Crippen LogP contribution < -0.4 is 5.32 Å². The lowest BCUT2D eigenvalue weighted by Crippen LogP contribution is -2.18. The molecule has 1 N–H and O–H groups in total. The van der Waals surface area contributed by atoms with E-state index in [0.29, 0.717) is 11.5 Å². The molecule has 1 unspecified atom stereocenters. The third kappa shape index (κ3) is 3.08. The first-order valence-corrected chi connectivity index (χ1v) is 8.15. The van der Waals surface area contributed by atoms with E-state index in [-0.39, 0.29) is 11.9 Å². The van der Waals surface area contributed by atoms with Crippen LogP contribution in [0.1, 0.15) is 42.2 Å². The number of thiophene rings is 1. The lowest BCUT2D eigenvalue weighted by molar-refractivity contribution is 0.475. The summed E-state index contributed by atoms with van der Waals surface area (Å²) in [6, 6.07) is 10.9. The van der Waals surface area contributed by atoms with E-state index in [9.17, 15) is 9.65 Å². The molecule has 2 nitrogen and oxygen atoms in total. The average molecular weight is 300 g/mol. The third-order valence-electron chi connectivity index (χ3n) is 4.13. The normalized spacial score (nSPS) is 16.6. The minimum absolute atomic E-state index is 0.213. The Kier molecular flexibility index (Phi) is 4.21. The van der Waals surface area contributed by atoms with Crippen molar-refractivity contribution in [2.24, 2.45) is 5.92 Å². The Morgan fingerprint density at radius 2 is 2.10 bits per heavy atom. The van der Waals surface area contributed by atoms with Crippen LogP contribution in [0.15, 0.2) is 35.7 Å². The van der Waals surface area contributed by atoms with Gasteiger partial charge in [0.15, 0.2) is 0 Å². The number of nitrogens with one attached hydrogen (secondary N) is 1. The van der Waals surface area contributed by atoms with Crippen molar-refractivity contribution < 1.29 is 4.39 Å². The van der Waals surface area contributed by atoms with Crippen LogP contribution in [-0.2, 0) is 0 Å². The molecule has 1 aliphatic carbocycles. The van der Waals surface area contributed by atoms with Gasteiger partial charge >= 0.3 is 0 Å². The molecule has 0 amide bonds. The second kappa shape index (κ2) is 6.28. The van der Waals surface area contributed by atoms with Gasteiger partial charge < -0.3 is 5.32 Å². The first kappa shape index (κ1) is 14.1. The Hall–Kier alpha value is -1.86. The maximum absolute atomic E-state index is 13.3. The van der Waals surface area contributed by atoms with Gasteiger partial charge in [-0.15, -0.1) is 11.3 Å². The zero-order valence-electron chi connectivity index (χ0n) is 11.7. The number of nitrogens with zero attached hydrogens (tertiary/aromatic N) is 1. The summed E-state index contributed by atoms with van der Waals surface area (Å²) in [4.78, 5) is 1.29. The molecule has 1 atom stereocenters. The highest BCUT2D eigenvalue weighted by Gasteiger charge is 2.27. The van der Waals surface area contributed by atoms with Crippen molar-refractivity contribution in [3.8, 4) is 6.07 Å². The van der Waals surface area contributed by atoms with Crippen molar-refractivity contribution in [2.45, 2.75) is 31.7 Å². The molecule has 0 bridgehead atoms. The van der Waals surface area contributed by atoms with Gasteiger partial charge in [-0.2, -0.15) is 5.26 Å². The minimum atomic E-state index is -0.370. The molecule has 1 heterocycles. The maximum Gasteiger partial charge on any atom is 0.124 e. The van der Waals surface area contributed by atoms with Gasteiger partial charge in [-0.25, -0.2) is 4.39 Å². The van der Waals surface area contributed by atoms with Crippen LogP contribution in [0.25, 0.3) is 0 Å². The highest BCUT2D eigenvalue weighted by atomic mass is 32.1. The quantitative estimate of drug-likeness (QED) is 0.852. The summed E-state index contributed by atoms with van der Waals surface area (Å²) in [7, 11) is 0. The first-order valence-electron chi connectivity index (χ1n) is 7.27. The van der Waals surface area contributed by atoms with E-state index in [1.807, 2.05) is 0 Å². The summed E-state index contributed by atoms with van der Waals surface area (Å²) in [5.74, 6) is 0.214. The highest BCUT2D eigenvalue weighted by Crippen LogP contribution is 2.39. The number of benzene rings is 1. The van der Waals surface area contributed by atoms with Crippen LogP contribution in [0.3, 0.4) is 0 Å². The van der Waals surface area contributed by atoms with Crippen molar-refractivity contribution in [1.82, 2.24) is 0 Å². The fraction of sp³-hybridized carbons (Fsp3) is 0.353. The largest absolute Gasteiger partial charge is 0.376 e. The number of nitriles is 1. The van der Waals surface area contributed by atoms with Gasteiger partial charge in [0, 0.05) is 4.88 Å². The van der Waals surface area contributed by atoms with Gasteiger partial charge in [0.05, 0.1) is 17.3 Å². The smallest absolute Gasteiger partial charge is 0.124 e. The summed E-state index contributed by atoms with van der Waals surface area (Å²) in [6.07, 6.45) is 4.95. The van der Waals surface area contributed by atoms with E-state index in [2.05, 4.69) is 28.9 Å². The van der Waals surface area contributed by atoms with Crippen molar-refractivity contribution in [2.75, 3.05) is 5.32 Å². The van der Waals surface area contributed by atoms with Crippen LogP contribution in [0.5, 0.6) is 0 Å². The molecule has 0 radical (unpaired) electrons. The average Bonchev–Trinajstić information content (AvgIpc) is 3.19. The fourth-order valence-electron chi connectivity index (χ4n) is 3.08. The Morgan fingerprint density at radius 3 is 2.76 bits per heavy atom. The van der Waals surface area contributed by atoms with Crippen LogP contribution in [-0.4, -0.2) is 0 Å². The van der Waals surface area contributed by atoms with E-state index in [1.54, 1.807) is 17.4 Å². The molecule has 108 valence electrons. The van der Waals surface area contributed by atoms with E-state index >= 15 is 0 Å². The molecule has 21 heavy (non-hydrogen) atoms. The molecule has 0 aliphatic heterocycles. The van der Waals surface area contributed by atoms with Gasteiger partial charge in [-0.3, -0.25) is 0 Å². The summed E-state index contributed by atoms with van der Waals surface area (Å²) < 4.78 is 13.3. The lowest BCUT2D eigenvalue weighted by Gasteiger charge is -2.25. The molecule has 1 aliphatic rings. The van der Waals surface area contributed by atoms with Crippen LogP contribution in [0.2, 0.25) is 0 Å². The topological polar surface area (TPSA) is 35.8 Å². The molecule has 1 aromatic heterocycles. The van der Waals surface area contributed by atoms with Crippen LogP contribution in [0.4, 0.5) is 10.1 Å². The second-order valence-corrected chi connectivity index (χ2v) is 6.46. The fourth-order valence-corrected chi connectivity index (χ4v) is 3.95. The summed E-state index contributed by atoms with van der Waals surface area (Å²) in [5.41, 5.74) is 1.10. The number of hydrogen-bond acceptors (Lipinski definition) is 3. The van der Waals surface area contributed by atoms with E-state index in [0.717, 1.165) is 5.69 Å². The summed E-state index contributed by atoms with van der Waals surface area (Å²) in [5, 5.41) is 14.8. The van der Waals surface area contributed by atoms with Gasteiger partial charge in [-0.05, 0) is 48.4 Å². The zero-order chi connectivity index (χ0) is 14.7. The predicted molar refractivity (Wildman–Crippen MR) is 83.8 cm³/mol. The zero-order valence-corrected chi connectivity index (χ0v) is 12.5. The SMILES string of the molecule is N#Cc1cc(F)ccc1NC(c1cccs1)C1CCCC1. The predicted octanol–water partition coefficient (Wildman–Crippen LogP) is 5.10. The minimum Gasteiger partial charge on any atom is -0.376 e. The lowest BCUT2D eigenvalue weighted by atomic mass is 9.96. The highest BCUT2D eigenvalue weighted by molar-refractivity contribution is 7.10. The molecule has 4 heteroatoms. The van der Waals surface area contributed by atoms with E-state index in [1.165, 1.54) is 42.7 Å². The standard InChI is InChI=1S/C17H17FN2S/c18-14-7-8-15(13(10-14)11-19)20-17(12-4-1-2-5-12)16-6-3-9-21-16/h3,6-10,12,17,20H,1-2,4-5H2. The Bertz CT molecular complexity index is 639. The molecule has 1 aromatic carbocycles. The van der Waals surface area contributed by atoms with Crippen LogP contribution >= 0.6 is 11.3 Å². The number of rotatable bonds is 4. The molecule has 1 saturated carbocycles. The third-order valence-corrected chi connectivity index (χ3v) is 5.09. The summed E-state index contributed by atoms with van der Waals surface area (Å²) in [6.45, 7) is 0. The summed E-state index contributed by atoms with van der Waals surface area (Å²) >= 11 is 1.73. The number of anilines is 1. The molecule has 0 spiro atoms. The first-order chi connectivity index (χ1) is 10.3. The van der Waals surface area contributed by atoms with Gasteiger partial charge in [0.2, 0.25) is 0 Å². The Labute approximate surface area is 128 Å². The molecule has 1 fully saturated rings. The second-order valence-electron chi connectivity index (χ2n) is 5.48. The molecule has 2 aromatic rings. The molecule has 0 saturated heterocycles. The van der Waals surface area contributed by atoms with Crippen molar-refractivity contribution in [3.05, 3.63) is 52.0 Å². The van der Waals surface area contributed by atoms with Crippen molar-refractivity contribution in [1.29, 1.82) is 5.26 Å². The van der Waals surface area contributed by atoms with Crippen molar-refractivity contribution >= 4 is 17.0 Å². The molecule has 3 rings (SSSR count). The van der Waals surface area contributed by atoms with Gasteiger partial charge in [-0.1, -0.05) is 18.9 Å². The number of halogens is 1. The van der Waals surface area contributed by atoms with Crippen molar-refractivity contribution in [3.63, 3.8) is 0 Å². The molecular weight excluding hydrogens is 283 g/mol. The number of hydrogen-bond donors (Lipinski definition) is 1. The monoisotopic (exact) mass is 300 g/mol. The Balaban J connectivity index is 1.90. The van der Waals surface area contributed by atoms with Gasteiger partial charge in [0.25, 0.3) is 0 Å². The molecular formula is C17H17FN2S. The van der Waals surface area contributed by atoms with E-state index in [4.69, 9.17) is 0 Å².